The van der Waals surface area contributed by atoms with Crippen LogP contribution in [0.2, 0.25) is 43.7 Å². The molecule has 0 N–H and O–H groups in total. The Labute approximate surface area is 137 Å². The van der Waals surface area contributed by atoms with Crippen LogP contribution in [0.3, 0.4) is 0 Å². The Morgan fingerprint density at radius 1 is 0.542 bits per heavy atom. The average Bonchev–Trinajstić information content (AvgIpc) is 3.57. The van der Waals surface area contributed by atoms with Crippen molar-refractivity contribution in [3.8, 4) is 0 Å². The minimum absolute atomic E-state index is 0.483. The molecule has 0 nitrogen and oxygen atoms in total. The van der Waals surface area contributed by atoms with Gasteiger partial charge in [-0.3, -0.25) is 0 Å². The molecular weight excluding hydrogens is 354 g/mol. The second-order valence-corrected chi connectivity index (χ2v) is 39.8. The van der Waals surface area contributed by atoms with Gasteiger partial charge in [0.1, 0.15) is 0 Å². The second kappa shape index (κ2) is 1.31. The molecule has 2 heteroatoms. The molecular formula is C22H31CoP. The van der Waals surface area contributed by atoms with Crippen LogP contribution in [0.25, 0.3) is 0 Å². The molecule has 0 amide bonds. The van der Waals surface area contributed by atoms with Crippen LogP contribution in [0, 0.1) is 0 Å². The van der Waals surface area contributed by atoms with Gasteiger partial charge >= 0.3 is 138 Å². The third-order valence-electron chi connectivity index (χ3n) is 18.2. The molecule has 0 aromatic heterocycles. The van der Waals surface area contributed by atoms with E-state index in [0.717, 1.165) is 0 Å². The Morgan fingerprint density at radius 2 is 0.958 bits per heavy atom. The van der Waals surface area contributed by atoms with E-state index >= 15 is 0 Å². The number of hydrogen-bond acceptors (Lipinski definition) is 0. The fourth-order valence-corrected chi connectivity index (χ4v) is 104. The quantitative estimate of drug-likeness (QED) is 0.443. The number of hydrogen-bond donors (Lipinski definition) is 0. The Bertz CT molecular complexity index is 1030. The molecule has 4 atom stereocenters. The zero-order valence-corrected chi connectivity index (χ0v) is 16.6. The molecule has 0 aromatic rings. The van der Waals surface area contributed by atoms with Crippen molar-refractivity contribution in [2.45, 2.75) is 123 Å². The SMILES string of the molecule is C1CCC(P(C2CCCCC2)[C]23[CH]4[CH]5[CH]6[CH]2[Co]56432789[CH]3[CH]2[CH]7[CH]8[CH]39)CC1. The van der Waals surface area contributed by atoms with Gasteiger partial charge in [-0.25, -0.2) is 0 Å². The van der Waals surface area contributed by atoms with Gasteiger partial charge in [0.15, 0.2) is 0 Å². The summed E-state index contributed by atoms with van der Waals surface area (Å²) in [4.78, 5) is 14.2. The first-order valence-corrected chi connectivity index (χ1v) is 18.9. The Kier molecular flexibility index (Phi) is 0.605. The van der Waals surface area contributed by atoms with E-state index in [1.807, 2.05) is 0 Å². The summed E-state index contributed by atoms with van der Waals surface area (Å²) < 4.78 is 1.28. The zero-order chi connectivity index (χ0) is 14.8. The molecule has 0 bridgehead atoms. The second-order valence-electron chi connectivity index (χ2n) is 14.2. The van der Waals surface area contributed by atoms with Crippen LogP contribution in [-0.2, 0) is 6.37 Å². The Balaban J connectivity index is 1.18. The fraction of sp³-hybridized carbons (Fsp3) is 1.00. The molecule has 2 aliphatic carbocycles. The van der Waals surface area contributed by atoms with Crippen molar-refractivity contribution < 1.29 is 6.37 Å². The van der Waals surface area contributed by atoms with Gasteiger partial charge in [-0.1, -0.05) is 0 Å². The van der Waals surface area contributed by atoms with Crippen LogP contribution in [0.4, 0.5) is 0 Å². The normalized spacial score (nSPS) is 97.5. The molecule has 10 saturated heterocycles. The summed E-state index contributed by atoms with van der Waals surface area (Å²) >= 11 is 0. The first kappa shape index (κ1) is 11.1. The first-order chi connectivity index (χ1) is 11.6. The Morgan fingerprint density at radius 3 is 1.25 bits per heavy atom. The molecule has 12 aliphatic rings. The van der Waals surface area contributed by atoms with E-state index in [9.17, 15) is 0 Å². The third-order valence-corrected chi connectivity index (χ3v) is 66.0. The molecule has 0 aromatic carbocycles. The summed E-state index contributed by atoms with van der Waals surface area (Å²) in [5.74, 6) is 0. The summed E-state index contributed by atoms with van der Waals surface area (Å²) in [6.45, 7) is 0. The van der Waals surface area contributed by atoms with E-state index in [0.29, 0.717) is 7.92 Å². The average molecular weight is 385 g/mol. The summed E-state index contributed by atoms with van der Waals surface area (Å²) in [7, 11) is 0.483. The molecule has 12 rings (SSSR count). The summed E-state index contributed by atoms with van der Waals surface area (Å²) in [5, 5.41) is 0. The molecule has 10 heterocycles. The van der Waals surface area contributed by atoms with Gasteiger partial charge in [0.25, 0.3) is 0 Å². The summed E-state index contributed by atoms with van der Waals surface area (Å²) in [5.41, 5.74) is 2.60. The molecule has 0 radical (unpaired) electrons. The molecule has 1 spiro atoms. The fourth-order valence-electron chi connectivity index (χ4n) is 19.3. The van der Waals surface area contributed by atoms with Gasteiger partial charge in [0.2, 0.25) is 0 Å². The molecule has 12 fully saturated rings. The first-order valence-electron chi connectivity index (χ1n) is 11.5. The van der Waals surface area contributed by atoms with Crippen molar-refractivity contribution in [2.24, 2.45) is 0 Å². The number of rotatable bonds is 3. The molecule has 133 valence electrons. The van der Waals surface area contributed by atoms with E-state index in [1.165, 1.54) is 15.4 Å². The van der Waals surface area contributed by atoms with E-state index in [2.05, 4.69) is 0 Å². The minimum atomic E-state index is -2.75. The van der Waals surface area contributed by atoms with Crippen molar-refractivity contribution in [1.82, 2.24) is 0 Å². The van der Waals surface area contributed by atoms with Crippen LogP contribution in [0.15, 0.2) is 0 Å². The third kappa shape index (κ3) is 0.185. The van der Waals surface area contributed by atoms with Crippen molar-refractivity contribution in [1.29, 1.82) is 0 Å². The maximum atomic E-state index is 1.71. The van der Waals surface area contributed by atoms with E-state index in [1.54, 1.807) is 108 Å². The molecule has 10 aliphatic heterocycles. The maximum absolute atomic E-state index is 2.75. The van der Waals surface area contributed by atoms with Gasteiger partial charge in [-0.15, -0.1) is 0 Å². The number of fused-ring (bicyclic) bond motifs is 10. The van der Waals surface area contributed by atoms with Crippen LogP contribution in [0.5, 0.6) is 0 Å². The van der Waals surface area contributed by atoms with Gasteiger partial charge in [-0.05, 0) is 0 Å². The summed E-state index contributed by atoms with van der Waals surface area (Å²) in [6, 6.07) is 0. The van der Waals surface area contributed by atoms with Crippen LogP contribution >= 0.6 is 7.92 Å². The zero-order valence-electron chi connectivity index (χ0n) is 14.7. The van der Waals surface area contributed by atoms with Gasteiger partial charge in [0.05, 0.1) is 0 Å². The topological polar surface area (TPSA) is 0 Å². The van der Waals surface area contributed by atoms with Gasteiger partial charge in [-0.2, -0.15) is 0 Å². The monoisotopic (exact) mass is 385 g/mol. The Hall–Kier alpha value is 0.936. The van der Waals surface area contributed by atoms with Crippen molar-refractivity contribution >= 4 is 7.92 Å². The van der Waals surface area contributed by atoms with Crippen LogP contribution in [-0.4, -0.2) is 15.4 Å². The predicted octanol–water partition coefficient (Wildman–Crippen LogP) is 7.43. The molecule has 2 saturated carbocycles. The van der Waals surface area contributed by atoms with E-state index in [-0.39, 0.29) is 0 Å². The van der Waals surface area contributed by atoms with Crippen molar-refractivity contribution in [3.05, 3.63) is 0 Å². The van der Waals surface area contributed by atoms with Gasteiger partial charge < -0.3 is 0 Å². The van der Waals surface area contributed by atoms with Crippen LogP contribution < -0.4 is 0 Å². The van der Waals surface area contributed by atoms with Crippen LogP contribution in [0.1, 0.15) is 64.2 Å². The predicted molar refractivity (Wildman–Crippen MR) is 97.1 cm³/mol. The standard InChI is InChI=1S/C17H26P.C5H5.Co/c1-3-9-15(10-4-1)18(17-13-7-8-14-17)16-11-5-2-6-12-16;1-2-4-5-3-1;/h7-8,13-16H,1-6,9-12H2;1-5H;. The molecule has 24 heavy (non-hydrogen) atoms. The summed E-state index contributed by atoms with van der Waals surface area (Å²) in [6.07, 6.45) is 13.8. The van der Waals surface area contributed by atoms with E-state index in [4.69, 9.17) is 0 Å². The molecule has 4 unspecified atom stereocenters. The van der Waals surface area contributed by atoms with E-state index < -0.39 is 6.37 Å². The van der Waals surface area contributed by atoms with Crippen molar-refractivity contribution in [2.75, 3.05) is 0 Å². The van der Waals surface area contributed by atoms with Crippen molar-refractivity contribution in [3.63, 3.8) is 0 Å². The van der Waals surface area contributed by atoms with Gasteiger partial charge in [0, 0.05) is 0 Å².